The molecular weight excluding hydrogens is 318 g/mol. The molecule has 3 N–H and O–H groups in total. The zero-order valence-electron chi connectivity index (χ0n) is 14.5. The molecule has 0 aliphatic rings. The minimum Gasteiger partial charge on any atom is -0.493 e. The molecule has 0 radical (unpaired) electrons. The first-order chi connectivity index (χ1) is 12.2. The van der Waals surface area contributed by atoms with Crippen molar-refractivity contribution < 1.29 is 14.3 Å². The van der Waals surface area contributed by atoms with Gasteiger partial charge in [-0.1, -0.05) is 25.5 Å². The van der Waals surface area contributed by atoms with Gasteiger partial charge in [-0.2, -0.15) is 5.10 Å². The summed E-state index contributed by atoms with van der Waals surface area (Å²) in [4.78, 5) is 12.0. The third-order valence-electron chi connectivity index (χ3n) is 3.53. The zero-order valence-corrected chi connectivity index (χ0v) is 14.5. The first-order valence-corrected chi connectivity index (χ1v) is 8.14. The second-order valence-corrected chi connectivity index (χ2v) is 5.40. The molecule has 132 valence electrons. The third kappa shape index (κ3) is 5.24. The number of carbonyl (C=O) groups excluding carboxylic acids is 1. The standard InChI is InChI=1S/C19H23N3O3/c1-3-4-11-25-17-10-9-14(12-18(17)24-2)13-21-22-19(23)15-7-5-6-8-16(15)20/h5-10,12-13H,3-4,11,20H2,1-2H3,(H,22,23)/b21-13+. The summed E-state index contributed by atoms with van der Waals surface area (Å²) in [7, 11) is 1.59. The van der Waals surface area contributed by atoms with E-state index in [1.807, 2.05) is 12.1 Å². The summed E-state index contributed by atoms with van der Waals surface area (Å²) < 4.78 is 11.0. The summed E-state index contributed by atoms with van der Waals surface area (Å²) in [6.07, 6.45) is 3.59. The molecule has 0 heterocycles. The molecule has 25 heavy (non-hydrogen) atoms. The molecule has 0 aliphatic carbocycles. The molecule has 0 spiro atoms. The van der Waals surface area contributed by atoms with Crippen molar-refractivity contribution in [2.75, 3.05) is 19.5 Å². The second kappa shape index (κ2) is 9.32. The van der Waals surface area contributed by atoms with Gasteiger partial charge in [-0.3, -0.25) is 4.79 Å². The van der Waals surface area contributed by atoms with Crippen LogP contribution in [-0.2, 0) is 0 Å². The van der Waals surface area contributed by atoms with E-state index in [0.29, 0.717) is 29.4 Å². The molecule has 6 nitrogen and oxygen atoms in total. The molecule has 2 aromatic rings. The molecule has 2 aromatic carbocycles. The fourth-order valence-corrected chi connectivity index (χ4v) is 2.14. The van der Waals surface area contributed by atoms with Gasteiger partial charge in [0.2, 0.25) is 0 Å². The topological polar surface area (TPSA) is 85.9 Å². The normalized spacial score (nSPS) is 10.6. The Morgan fingerprint density at radius 1 is 1.24 bits per heavy atom. The average Bonchev–Trinajstić information content (AvgIpc) is 2.63. The van der Waals surface area contributed by atoms with Crippen molar-refractivity contribution in [1.82, 2.24) is 5.43 Å². The van der Waals surface area contributed by atoms with Crippen molar-refractivity contribution >= 4 is 17.8 Å². The summed E-state index contributed by atoms with van der Waals surface area (Å²) in [6.45, 7) is 2.76. The summed E-state index contributed by atoms with van der Waals surface area (Å²) >= 11 is 0. The SMILES string of the molecule is CCCCOc1ccc(/C=N/NC(=O)c2ccccc2N)cc1OC. The molecule has 0 atom stereocenters. The third-order valence-corrected chi connectivity index (χ3v) is 3.53. The highest BCUT2D eigenvalue weighted by Gasteiger charge is 2.08. The lowest BCUT2D eigenvalue weighted by Gasteiger charge is -2.10. The molecule has 2 rings (SSSR count). The van der Waals surface area contributed by atoms with Gasteiger partial charge in [0.15, 0.2) is 11.5 Å². The van der Waals surface area contributed by atoms with Crippen molar-refractivity contribution in [2.24, 2.45) is 5.10 Å². The maximum Gasteiger partial charge on any atom is 0.273 e. The molecule has 0 aliphatic heterocycles. The van der Waals surface area contributed by atoms with E-state index in [9.17, 15) is 4.79 Å². The van der Waals surface area contributed by atoms with Crippen molar-refractivity contribution in [3.8, 4) is 11.5 Å². The smallest absolute Gasteiger partial charge is 0.273 e. The number of benzene rings is 2. The Hall–Kier alpha value is -3.02. The molecular formula is C19H23N3O3. The summed E-state index contributed by atoms with van der Waals surface area (Å²) in [5.41, 5.74) is 9.80. The minimum atomic E-state index is -0.360. The van der Waals surface area contributed by atoms with Gasteiger partial charge < -0.3 is 15.2 Å². The zero-order chi connectivity index (χ0) is 18.1. The van der Waals surface area contributed by atoms with Gasteiger partial charge in [-0.05, 0) is 42.3 Å². The number of carbonyl (C=O) groups is 1. The van der Waals surface area contributed by atoms with E-state index in [1.165, 1.54) is 6.21 Å². The monoisotopic (exact) mass is 341 g/mol. The lowest BCUT2D eigenvalue weighted by molar-refractivity contribution is 0.0956. The number of nitrogens with two attached hydrogens (primary N) is 1. The second-order valence-electron chi connectivity index (χ2n) is 5.40. The summed E-state index contributed by atoms with van der Waals surface area (Å²) in [6, 6.07) is 12.3. The van der Waals surface area contributed by atoms with Gasteiger partial charge in [0.25, 0.3) is 5.91 Å². The highest BCUT2D eigenvalue weighted by atomic mass is 16.5. The van der Waals surface area contributed by atoms with Crippen LogP contribution in [0.2, 0.25) is 0 Å². The fraction of sp³-hybridized carbons (Fsp3) is 0.263. The number of amides is 1. The lowest BCUT2D eigenvalue weighted by Crippen LogP contribution is -2.19. The number of para-hydroxylation sites is 1. The van der Waals surface area contributed by atoms with Crippen LogP contribution in [0.15, 0.2) is 47.6 Å². The van der Waals surface area contributed by atoms with Crippen LogP contribution in [0.25, 0.3) is 0 Å². The molecule has 0 saturated heterocycles. The molecule has 0 saturated carbocycles. The number of methoxy groups -OCH3 is 1. The van der Waals surface area contributed by atoms with Crippen LogP contribution in [0.4, 0.5) is 5.69 Å². The van der Waals surface area contributed by atoms with Crippen LogP contribution in [0, 0.1) is 0 Å². The number of anilines is 1. The van der Waals surface area contributed by atoms with Gasteiger partial charge in [0.05, 0.1) is 25.5 Å². The van der Waals surface area contributed by atoms with Gasteiger partial charge in [0.1, 0.15) is 0 Å². The molecule has 1 amide bonds. The van der Waals surface area contributed by atoms with Gasteiger partial charge in [-0.25, -0.2) is 5.43 Å². The first kappa shape index (κ1) is 18.3. The van der Waals surface area contributed by atoms with Gasteiger partial charge in [0, 0.05) is 5.69 Å². The van der Waals surface area contributed by atoms with Crippen LogP contribution >= 0.6 is 0 Å². The van der Waals surface area contributed by atoms with E-state index in [1.54, 1.807) is 37.4 Å². The number of nitrogens with zero attached hydrogens (tertiary/aromatic N) is 1. The average molecular weight is 341 g/mol. The molecule has 0 unspecified atom stereocenters. The number of hydrogen-bond acceptors (Lipinski definition) is 5. The Morgan fingerprint density at radius 3 is 2.76 bits per heavy atom. The number of unbranched alkanes of at least 4 members (excludes halogenated alkanes) is 1. The van der Waals surface area contributed by atoms with E-state index >= 15 is 0 Å². The van der Waals surface area contributed by atoms with Crippen LogP contribution < -0.4 is 20.6 Å². The van der Waals surface area contributed by atoms with Crippen molar-refractivity contribution in [1.29, 1.82) is 0 Å². The Balaban J connectivity index is 2.01. The van der Waals surface area contributed by atoms with Crippen molar-refractivity contribution in [3.05, 3.63) is 53.6 Å². The van der Waals surface area contributed by atoms with Crippen LogP contribution in [0.1, 0.15) is 35.7 Å². The Bertz CT molecular complexity index is 744. The van der Waals surface area contributed by atoms with E-state index in [-0.39, 0.29) is 5.91 Å². The van der Waals surface area contributed by atoms with Crippen molar-refractivity contribution in [3.63, 3.8) is 0 Å². The Labute approximate surface area is 147 Å². The van der Waals surface area contributed by atoms with Gasteiger partial charge in [-0.15, -0.1) is 0 Å². The quantitative estimate of drug-likeness (QED) is 0.334. The number of hydrazone groups is 1. The molecule has 0 aromatic heterocycles. The predicted octanol–water partition coefficient (Wildman–Crippen LogP) is 3.22. The van der Waals surface area contributed by atoms with E-state index in [2.05, 4.69) is 17.5 Å². The minimum absolute atomic E-state index is 0.360. The van der Waals surface area contributed by atoms with Crippen LogP contribution in [-0.4, -0.2) is 25.8 Å². The number of nitrogen functional groups attached to an aromatic ring is 1. The fourth-order valence-electron chi connectivity index (χ4n) is 2.14. The summed E-state index contributed by atoms with van der Waals surface area (Å²) in [5, 5.41) is 3.96. The van der Waals surface area contributed by atoms with Gasteiger partial charge >= 0.3 is 0 Å². The summed E-state index contributed by atoms with van der Waals surface area (Å²) in [5.74, 6) is 0.953. The molecule has 0 bridgehead atoms. The van der Waals surface area contributed by atoms with E-state index in [4.69, 9.17) is 15.2 Å². The first-order valence-electron chi connectivity index (χ1n) is 8.14. The molecule has 0 fully saturated rings. The van der Waals surface area contributed by atoms with E-state index in [0.717, 1.165) is 18.4 Å². The Morgan fingerprint density at radius 2 is 2.04 bits per heavy atom. The predicted molar refractivity (Wildman–Crippen MR) is 99.3 cm³/mol. The number of hydrogen-bond donors (Lipinski definition) is 2. The largest absolute Gasteiger partial charge is 0.493 e. The number of rotatable bonds is 8. The lowest BCUT2D eigenvalue weighted by atomic mass is 10.2. The highest BCUT2D eigenvalue weighted by Crippen LogP contribution is 2.27. The van der Waals surface area contributed by atoms with Crippen LogP contribution in [0.5, 0.6) is 11.5 Å². The Kier molecular flexibility index (Phi) is 6.83. The number of ether oxygens (including phenoxy) is 2. The van der Waals surface area contributed by atoms with E-state index < -0.39 is 0 Å². The van der Waals surface area contributed by atoms with Crippen LogP contribution in [0.3, 0.4) is 0 Å². The maximum atomic E-state index is 12.0. The highest BCUT2D eigenvalue weighted by molar-refractivity contribution is 5.99. The van der Waals surface area contributed by atoms with Crippen molar-refractivity contribution in [2.45, 2.75) is 19.8 Å². The maximum absolute atomic E-state index is 12.0. The molecule has 6 heteroatoms. The number of nitrogens with one attached hydrogen (secondary N) is 1.